The summed E-state index contributed by atoms with van der Waals surface area (Å²) in [5, 5.41) is 10.8. The van der Waals surface area contributed by atoms with Crippen LogP contribution in [0.2, 0.25) is 0 Å². The van der Waals surface area contributed by atoms with E-state index in [1.165, 1.54) is 25.7 Å². The number of rotatable bonds is 7. The third-order valence-electron chi connectivity index (χ3n) is 4.08. The zero-order chi connectivity index (χ0) is 17.4. The molecule has 1 fully saturated rings. The van der Waals surface area contributed by atoms with Crippen molar-refractivity contribution in [3.8, 4) is 0 Å². The molecular formula is C17H29IN6O. The third-order valence-corrected chi connectivity index (χ3v) is 4.08. The summed E-state index contributed by atoms with van der Waals surface area (Å²) >= 11 is 0. The fraction of sp³-hybridized carbons (Fsp3) is 0.588. The molecule has 1 amide bonds. The number of hydrogen-bond donors (Lipinski definition) is 2. The molecule has 0 unspecified atom stereocenters. The lowest BCUT2D eigenvalue weighted by Crippen LogP contribution is -2.43. The van der Waals surface area contributed by atoms with Crippen molar-refractivity contribution in [2.75, 3.05) is 27.2 Å². The minimum Gasteiger partial charge on any atom is -0.353 e. The summed E-state index contributed by atoms with van der Waals surface area (Å²) in [6.07, 6.45) is 8.80. The van der Waals surface area contributed by atoms with Gasteiger partial charge in [-0.1, -0.05) is 18.9 Å². The first-order valence-electron chi connectivity index (χ1n) is 8.47. The van der Waals surface area contributed by atoms with E-state index in [9.17, 15) is 4.79 Å². The second-order valence-corrected chi connectivity index (χ2v) is 6.20. The number of carbonyl (C=O) groups excluding carboxylic acids is 1. The Kier molecular flexibility index (Phi) is 9.54. The average molecular weight is 460 g/mol. The topological polar surface area (TPSA) is 74.5 Å². The van der Waals surface area contributed by atoms with Crippen LogP contribution in [0.3, 0.4) is 0 Å². The molecule has 25 heavy (non-hydrogen) atoms. The Hall–Kier alpha value is -1.58. The second-order valence-electron chi connectivity index (χ2n) is 6.20. The summed E-state index contributed by atoms with van der Waals surface area (Å²) in [6, 6.07) is 2.55. The molecule has 0 saturated heterocycles. The number of nitrogens with zero attached hydrogens (tertiary/aromatic N) is 4. The van der Waals surface area contributed by atoms with Crippen molar-refractivity contribution in [1.82, 2.24) is 25.3 Å². The standard InChI is InChI=1S/C17H28N6O.HI/c1-4-10-18-17(20-13-16(24)22(2)3)19-12-14-9-11-23(21-14)15-7-5-6-8-15;/h4,9,11,15H,1,5-8,10,12-13H2,2-3H3,(H2,18,19,20);1H. The van der Waals surface area contributed by atoms with E-state index in [0.29, 0.717) is 25.1 Å². The number of aromatic nitrogens is 2. The van der Waals surface area contributed by atoms with Gasteiger partial charge in [0.15, 0.2) is 5.96 Å². The van der Waals surface area contributed by atoms with E-state index >= 15 is 0 Å². The van der Waals surface area contributed by atoms with Crippen molar-refractivity contribution in [1.29, 1.82) is 0 Å². The first-order chi connectivity index (χ1) is 11.6. The van der Waals surface area contributed by atoms with Crippen LogP contribution in [0.4, 0.5) is 0 Å². The molecule has 0 aromatic carbocycles. The zero-order valence-corrected chi connectivity index (χ0v) is 17.4. The van der Waals surface area contributed by atoms with E-state index in [1.54, 1.807) is 25.1 Å². The van der Waals surface area contributed by atoms with E-state index < -0.39 is 0 Å². The van der Waals surface area contributed by atoms with Gasteiger partial charge in [0.2, 0.25) is 5.91 Å². The van der Waals surface area contributed by atoms with Gasteiger partial charge in [0.05, 0.1) is 24.8 Å². The predicted molar refractivity (Wildman–Crippen MR) is 111 cm³/mol. The molecule has 7 nitrogen and oxygen atoms in total. The quantitative estimate of drug-likeness (QED) is 0.282. The van der Waals surface area contributed by atoms with Crippen LogP contribution in [0.15, 0.2) is 29.9 Å². The Bertz CT molecular complexity index is 577. The monoisotopic (exact) mass is 460 g/mol. The Morgan fingerprint density at radius 3 is 2.80 bits per heavy atom. The normalized spacial score (nSPS) is 14.7. The number of hydrogen-bond acceptors (Lipinski definition) is 3. The number of carbonyl (C=O) groups is 1. The van der Waals surface area contributed by atoms with Gasteiger partial charge in [0.1, 0.15) is 0 Å². The van der Waals surface area contributed by atoms with Crippen LogP contribution >= 0.6 is 24.0 Å². The van der Waals surface area contributed by atoms with Gasteiger partial charge < -0.3 is 15.5 Å². The maximum absolute atomic E-state index is 11.7. The Morgan fingerprint density at radius 2 is 2.16 bits per heavy atom. The highest BCUT2D eigenvalue weighted by atomic mass is 127. The third kappa shape index (κ3) is 7.05. The van der Waals surface area contributed by atoms with Crippen LogP contribution in [0.1, 0.15) is 37.4 Å². The van der Waals surface area contributed by atoms with Crippen LogP contribution in [-0.2, 0) is 11.3 Å². The molecule has 0 radical (unpaired) electrons. The fourth-order valence-electron chi connectivity index (χ4n) is 2.65. The summed E-state index contributed by atoms with van der Waals surface area (Å²) in [5.41, 5.74) is 0.931. The second kappa shape index (κ2) is 11.1. The highest BCUT2D eigenvalue weighted by Gasteiger charge is 2.17. The highest BCUT2D eigenvalue weighted by molar-refractivity contribution is 14.0. The molecule has 1 aromatic heterocycles. The lowest BCUT2D eigenvalue weighted by atomic mass is 10.3. The van der Waals surface area contributed by atoms with E-state index in [4.69, 9.17) is 0 Å². The lowest BCUT2D eigenvalue weighted by molar-refractivity contribution is -0.127. The van der Waals surface area contributed by atoms with Gasteiger partial charge in [-0.05, 0) is 18.9 Å². The summed E-state index contributed by atoms with van der Waals surface area (Å²) in [6.45, 7) is 4.94. The summed E-state index contributed by atoms with van der Waals surface area (Å²) < 4.78 is 2.07. The molecule has 1 aromatic rings. The molecule has 1 saturated carbocycles. The van der Waals surface area contributed by atoms with Gasteiger partial charge in [-0.25, -0.2) is 4.99 Å². The Balaban J connectivity index is 0.00000312. The fourth-order valence-corrected chi connectivity index (χ4v) is 2.65. The summed E-state index contributed by atoms with van der Waals surface area (Å²) in [4.78, 5) is 17.7. The van der Waals surface area contributed by atoms with E-state index in [2.05, 4.69) is 32.0 Å². The molecule has 1 aliphatic rings. The van der Waals surface area contributed by atoms with Gasteiger partial charge in [0.25, 0.3) is 0 Å². The van der Waals surface area contributed by atoms with Crippen molar-refractivity contribution >= 4 is 35.8 Å². The molecule has 1 heterocycles. The summed E-state index contributed by atoms with van der Waals surface area (Å²) in [5.74, 6) is 0.578. The molecule has 0 aliphatic heterocycles. The molecule has 0 spiro atoms. The lowest BCUT2D eigenvalue weighted by Gasteiger charge is -2.14. The number of aliphatic imine (C=N–C) groups is 1. The largest absolute Gasteiger partial charge is 0.353 e. The number of guanidine groups is 1. The van der Waals surface area contributed by atoms with E-state index in [-0.39, 0.29) is 36.4 Å². The molecule has 1 aliphatic carbocycles. The molecular weight excluding hydrogens is 431 g/mol. The molecule has 0 bridgehead atoms. The van der Waals surface area contributed by atoms with E-state index in [0.717, 1.165) is 5.69 Å². The Morgan fingerprint density at radius 1 is 1.44 bits per heavy atom. The van der Waals surface area contributed by atoms with Crippen LogP contribution in [-0.4, -0.2) is 53.7 Å². The van der Waals surface area contributed by atoms with Crippen molar-refractivity contribution in [2.24, 2.45) is 4.99 Å². The average Bonchev–Trinajstić information content (AvgIpc) is 3.24. The van der Waals surface area contributed by atoms with Crippen LogP contribution in [0.25, 0.3) is 0 Å². The van der Waals surface area contributed by atoms with Crippen molar-refractivity contribution in [2.45, 2.75) is 38.3 Å². The Labute approximate surface area is 167 Å². The number of nitrogens with one attached hydrogen (secondary N) is 2. The molecule has 140 valence electrons. The van der Waals surface area contributed by atoms with Gasteiger partial charge in [-0.2, -0.15) is 5.10 Å². The maximum Gasteiger partial charge on any atom is 0.241 e. The van der Waals surface area contributed by atoms with Crippen LogP contribution in [0, 0.1) is 0 Å². The smallest absolute Gasteiger partial charge is 0.241 e. The first kappa shape index (κ1) is 21.5. The van der Waals surface area contributed by atoms with Crippen LogP contribution < -0.4 is 10.6 Å². The van der Waals surface area contributed by atoms with Gasteiger partial charge in [-0.15, -0.1) is 30.6 Å². The van der Waals surface area contributed by atoms with Gasteiger partial charge >= 0.3 is 0 Å². The SMILES string of the molecule is C=CCNC(=NCc1ccn(C2CCCC2)n1)NCC(=O)N(C)C.I. The molecule has 2 N–H and O–H groups in total. The number of halogens is 1. The molecule has 8 heteroatoms. The summed E-state index contributed by atoms with van der Waals surface area (Å²) in [7, 11) is 3.46. The first-order valence-corrected chi connectivity index (χ1v) is 8.47. The zero-order valence-electron chi connectivity index (χ0n) is 15.1. The maximum atomic E-state index is 11.7. The van der Waals surface area contributed by atoms with Gasteiger partial charge in [-0.3, -0.25) is 9.48 Å². The van der Waals surface area contributed by atoms with E-state index in [1.807, 2.05) is 12.3 Å². The van der Waals surface area contributed by atoms with Crippen molar-refractivity contribution in [3.05, 3.63) is 30.6 Å². The minimum atomic E-state index is -0.00591. The minimum absolute atomic E-state index is 0. The number of likely N-dealkylation sites (N-methyl/N-ethyl adjacent to an activating group) is 1. The van der Waals surface area contributed by atoms with Crippen molar-refractivity contribution < 1.29 is 4.79 Å². The van der Waals surface area contributed by atoms with Gasteiger partial charge in [0, 0.05) is 26.8 Å². The van der Waals surface area contributed by atoms with Crippen LogP contribution in [0.5, 0.6) is 0 Å². The molecule has 2 rings (SSSR count). The predicted octanol–water partition coefficient (Wildman–Crippen LogP) is 1.93. The number of amides is 1. The highest BCUT2D eigenvalue weighted by Crippen LogP contribution is 2.28. The molecule has 0 atom stereocenters. The van der Waals surface area contributed by atoms with Crippen molar-refractivity contribution in [3.63, 3.8) is 0 Å².